The summed E-state index contributed by atoms with van der Waals surface area (Å²) >= 11 is 0. The Balaban J connectivity index is 2.10. The standard InChI is InChI=1S/C20H24N2O7S/c1-2-4-18(12-15-5-3-6-16(11-15)22(25)26)30(27,28)29-20(24)19(21)13-14-7-9-17(23)10-8-14/h3,5-11,18-19,23H,2,4,12-13,21H2,1H3/t18?,19-/m0/s1. The molecule has 30 heavy (non-hydrogen) atoms. The molecular weight excluding hydrogens is 412 g/mol. The minimum atomic E-state index is -4.30. The molecule has 9 nitrogen and oxygen atoms in total. The van der Waals surface area contributed by atoms with E-state index >= 15 is 0 Å². The van der Waals surface area contributed by atoms with Gasteiger partial charge in [0, 0.05) is 12.1 Å². The Labute approximate surface area is 174 Å². The molecule has 162 valence electrons. The number of nitro groups is 1. The average molecular weight is 436 g/mol. The summed E-state index contributed by atoms with van der Waals surface area (Å²) in [7, 11) is -4.30. The molecule has 0 saturated carbocycles. The van der Waals surface area contributed by atoms with Crippen molar-refractivity contribution < 1.29 is 27.4 Å². The van der Waals surface area contributed by atoms with Gasteiger partial charge in [-0.3, -0.25) is 10.1 Å². The van der Waals surface area contributed by atoms with Crippen molar-refractivity contribution in [3.63, 3.8) is 0 Å². The summed E-state index contributed by atoms with van der Waals surface area (Å²) in [4.78, 5) is 22.6. The van der Waals surface area contributed by atoms with E-state index in [0.29, 0.717) is 17.5 Å². The van der Waals surface area contributed by atoms with Gasteiger partial charge in [-0.05, 0) is 42.5 Å². The van der Waals surface area contributed by atoms with Gasteiger partial charge in [0.15, 0.2) is 0 Å². The lowest BCUT2D eigenvalue weighted by Gasteiger charge is -2.18. The molecule has 10 heteroatoms. The van der Waals surface area contributed by atoms with Crippen molar-refractivity contribution in [3.05, 3.63) is 69.8 Å². The number of nitro benzene ring substituents is 1. The minimum Gasteiger partial charge on any atom is -0.508 e. The maximum absolute atomic E-state index is 12.7. The summed E-state index contributed by atoms with van der Waals surface area (Å²) in [6.07, 6.45) is 0.734. The molecular formula is C20H24N2O7S. The van der Waals surface area contributed by atoms with E-state index in [9.17, 15) is 28.4 Å². The summed E-state index contributed by atoms with van der Waals surface area (Å²) in [5.41, 5.74) is 6.74. The van der Waals surface area contributed by atoms with Crippen molar-refractivity contribution in [1.82, 2.24) is 0 Å². The fraction of sp³-hybridized carbons (Fsp3) is 0.350. The van der Waals surface area contributed by atoms with Crippen LogP contribution in [-0.2, 0) is 31.9 Å². The molecule has 2 atom stereocenters. The Kier molecular flexibility index (Phi) is 7.90. The maximum atomic E-state index is 12.7. The smallest absolute Gasteiger partial charge is 0.339 e. The maximum Gasteiger partial charge on any atom is 0.339 e. The van der Waals surface area contributed by atoms with Crippen molar-refractivity contribution in [1.29, 1.82) is 0 Å². The Morgan fingerprint density at radius 1 is 1.17 bits per heavy atom. The third-order valence-electron chi connectivity index (χ3n) is 4.50. The van der Waals surface area contributed by atoms with Gasteiger partial charge in [0.25, 0.3) is 5.69 Å². The van der Waals surface area contributed by atoms with Crippen LogP contribution in [0.1, 0.15) is 30.9 Å². The Morgan fingerprint density at radius 3 is 2.43 bits per heavy atom. The molecule has 0 bridgehead atoms. The van der Waals surface area contributed by atoms with Gasteiger partial charge in [-0.15, -0.1) is 0 Å². The lowest BCUT2D eigenvalue weighted by atomic mass is 10.1. The number of hydrogen-bond donors (Lipinski definition) is 2. The van der Waals surface area contributed by atoms with Crippen LogP contribution < -0.4 is 5.73 Å². The minimum absolute atomic E-state index is 0.0294. The van der Waals surface area contributed by atoms with Gasteiger partial charge < -0.3 is 15.0 Å². The van der Waals surface area contributed by atoms with Crippen LogP contribution in [-0.4, -0.2) is 35.7 Å². The highest BCUT2D eigenvalue weighted by molar-refractivity contribution is 7.87. The lowest BCUT2D eigenvalue weighted by Crippen LogP contribution is -2.38. The molecule has 0 aliphatic heterocycles. The number of phenolic OH excluding ortho intramolecular Hbond substituents is 1. The van der Waals surface area contributed by atoms with Crippen molar-refractivity contribution >= 4 is 21.8 Å². The molecule has 0 aliphatic carbocycles. The molecule has 0 aromatic heterocycles. The number of benzene rings is 2. The van der Waals surface area contributed by atoms with Gasteiger partial charge in [0.1, 0.15) is 17.0 Å². The Hall–Kier alpha value is -2.98. The second kappa shape index (κ2) is 10.2. The zero-order chi connectivity index (χ0) is 22.3. The number of hydrogen-bond acceptors (Lipinski definition) is 8. The highest BCUT2D eigenvalue weighted by Gasteiger charge is 2.31. The highest BCUT2D eigenvalue weighted by Crippen LogP contribution is 2.21. The third kappa shape index (κ3) is 6.53. The fourth-order valence-electron chi connectivity index (χ4n) is 2.94. The fourth-order valence-corrected chi connectivity index (χ4v) is 4.35. The topological polar surface area (TPSA) is 150 Å². The average Bonchev–Trinajstić information content (AvgIpc) is 2.69. The number of aromatic hydroxyl groups is 1. The summed E-state index contributed by atoms with van der Waals surface area (Å²) in [5, 5.41) is 19.2. The van der Waals surface area contributed by atoms with Gasteiger partial charge in [-0.1, -0.05) is 37.6 Å². The molecule has 0 heterocycles. The Bertz CT molecular complexity index is 990. The zero-order valence-electron chi connectivity index (χ0n) is 16.4. The van der Waals surface area contributed by atoms with Crippen LogP contribution in [0, 0.1) is 10.1 Å². The number of carbonyl (C=O) groups excluding carboxylic acids is 1. The number of rotatable bonds is 10. The van der Waals surface area contributed by atoms with E-state index in [1.54, 1.807) is 25.1 Å². The van der Waals surface area contributed by atoms with Gasteiger partial charge in [0.05, 0.1) is 4.92 Å². The quantitative estimate of drug-likeness (QED) is 0.327. The Morgan fingerprint density at radius 2 is 1.83 bits per heavy atom. The SMILES string of the molecule is CCCC(Cc1cccc([N+](=O)[O-])c1)S(=O)(=O)OC(=O)[C@@H](N)Cc1ccc(O)cc1. The predicted octanol–water partition coefficient (Wildman–Crippen LogP) is 2.45. The number of nitrogens with zero attached hydrogens (tertiary/aromatic N) is 1. The molecule has 2 aromatic carbocycles. The number of phenols is 1. The number of carbonyl (C=O) groups is 1. The van der Waals surface area contributed by atoms with E-state index in [-0.39, 0.29) is 30.7 Å². The first-order chi connectivity index (χ1) is 14.1. The summed E-state index contributed by atoms with van der Waals surface area (Å²) in [5.74, 6) is -1.02. The molecule has 0 radical (unpaired) electrons. The van der Waals surface area contributed by atoms with E-state index in [1.807, 2.05) is 0 Å². The van der Waals surface area contributed by atoms with Crippen LogP contribution in [0.3, 0.4) is 0 Å². The van der Waals surface area contributed by atoms with Crippen LogP contribution in [0.4, 0.5) is 5.69 Å². The molecule has 2 rings (SSSR count). The monoisotopic (exact) mass is 436 g/mol. The summed E-state index contributed by atoms with van der Waals surface area (Å²) in [6, 6.07) is 10.5. The van der Waals surface area contributed by atoms with Crippen molar-refractivity contribution in [2.75, 3.05) is 0 Å². The molecule has 0 saturated heterocycles. The molecule has 3 N–H and O–H groups in total. The van der Waals surface area contributed by atoms with Gasteiger partial charge >= 0.3 is 16.1 Å². The van der Waals surface area contributed by atoms with Gasteiger partial charge in [-0.25, -0.2) is 4.79 Å². The van der Waals surface area contributed by atoms with Crippen molar-refractivity contribution in [2.24, 2.45) is 5.73 Å². The molecule has 0 amide bonds. The second-order valence-electron chi connectivity index (χ2n) is 6.91. The number of non-ortho nitro benzene ring substituents is 1. The molecule has 0 fully saturated rings. The first kappa shape index (κ1) is 23.3. The van der Waals surface area contributed by atoms with Crippen LogP contribution in [0.25, 0.3) is 0 Å². The third-order valence-corrected chi connectivity index (χ3v) is 6.11. The van der Waals surface area contributed by atoms with E-state index in [4.69, 9.17) is 9.92 Å². The highest BCUT2D eigenvalue weighted by atomic mass is 32.2. The number of nitrogens with two attached hydrogens (primary N) is 1. The van der Waals surface area contributed by atoms with Crippen molar-refractivity contribution in [3.8, 4) is 5.75 Å². The normalized spacial score (nSPS) is 13.4. The van der Waals surface area contributed by atoms with Gasteiger partial charge in [-0.2, -0.15) is 8.42 Å². The van der Waals surface area contributed by atoms with E-state index < -0.39 is 32.3 Å². The molecule has 1 unspecified atom stereocenters. The van der Waals surface area contributed by atoms with Gasteiger partial charge in [0.2, 0.25) is 0 Å². The summed E-state index contributed by atoms with van der Waals surface area (Å²) in [6.45, 7) is 1.79. The van der Waals surface area contributed by atoms with E-state index in [0.717, 1.165) is 0 Å². The van der Waals surface area contributed by atoms with Crippen LogP contribution in [0.5, 0.6) is 5.75 Å². The van der Waals surface area contributed by atoms with E-state index in [1.165, 1.54) is 30.3 Å². The van der Waals surface area contributed by atoms with Crippen LogP contribution in [0.15, 0.2) is 48.5 Å². The van der Waals surface area contributed by atoms with E-state index in [2.05, 4.69) is 0 Å². The first-order valence-corrected chi connectivity index (χ1v) is 10.8. The second-order valence-corrected chi connectivity index (χ2v) is 8.73. The molecule has 0 aliphatic rings. The van der Waals surface area contributed by atoms with Crippen LogP contribution >= 0.6 is 0 Å². The molecule has 2 aromatic rings. The first-order valence-electron chi connectivity index (χ1n) is 9.36. The largest absolute Gasteiger partial charge is 0.508 e. The van der Waals surface area contributed by atoms with Crippen molar-refractivity contribution in [2.45, 2.75) is 43.9 Å². The molecule has 0 spiro atoms. The predicted molar refractivity (Wildman–Crippen MR) is 110 cm³/mol. The van der Waals surface area contributed by atoms with Crippen LogP contribution in [0.2, 0.25) is 0 Å². The zero-order valence-corrected chi connectivity index (χ0v) is 17.2. The summed E-state index contributed by atoms with van der Waals surface area (Å²) < 4.78 is 30.2. The lowest BCUT2D eigenvalue weighted by molar-refractivity contribution is -0.384.